The van der Waals surface area contributed by atoms with Crippen LogP contribution in [0, 0.1) is 5.82 Å². The van der Waals surface area contributed by atoms with Gasteiger partial charge in [-0.15, -0.1) is 0 Å². The van der Waals surface area contributed by atoms with E-state index in [0.717, 1.165) is 5.56 Å². The number of halogens is 1. The lowest BCUT2D eigenvalue weighted by molar-refractivity contribution is -0.0442. The van der Waals surface area contributed by atoms with Gasteiger partial charge in [-0.05, 0) is 12.1 Å². The number of ether oxygens (including phenoxy) is 3. The standard InChI is InChI=1S/C16H15FO3/c1-18-15-5-3-2-4-13(15)12-7-6-11(10-14(12)17)16-19-8-9-20-16/h2-7,10,16H,8-9H2,1H3. The molecule has 0 atom stereocenters. The molecule has 4 heteroatoms. The number of hydrogen-bond donors (Lipinski definition) is 0. The van der Waals surface area contributed by atoms with Gasteiger partial charge in [-0.2, -0.15) is 0 Å². The minimum atomic E-state index is -0.462. The number of methoxy groups -OCH3 is 1. The van der Waals surface area contributed by atoms with Crippen molar-refractivity contribution in [2.75, 3.05) is 20.3 Å². The van der Waals surface area contributed by atoms with Crippen LogP contribution in [0.1, 0.15) is 11.9 Å². The molecular weight excluding hydrogens is 259 g/mol. The summed E-state index contributed by atoms with van der Waals surface area (Å²) in [4.78, 5) is 0. The summed E-state index contributed by atoms with van der Waals surface area (Å²) in [5, 5.41) is 0. The van der Waals surface area contributed by atoms with Gasteiger partial charge in [0.05, 0.1) is 20.3 Å². The molecule has 3 nitrogen and oxygen atoms in total. The summed E-state index contributed by atoms with van der Waals surface area (Å²) in [5.41, 5.74) is 1.93. The topological polar surface area (TPSA) is 27.7 Å². The molecule has 0 saturated carbocycles. The predicted octanol–water partition coefficient (Wildman–Crippen LogP) is 3.55. The molecule has 20 heavy (non-hydrogen) atoms. The fourth-order valence-corrected chi connectivity index (χ4v) is 2.31. The van der Waals surface area contributed by atoms with E-state index in [2.05, 4.69) is 0 Å². The molecule has 0 unspecified atom stereocenters. The monoisotopic (exact) mass is 274 g/mol. The smallest absolute Gasteiger partial charge is 0.184 e. The molecule has 0 radical (unpaired) electrons. The van der Waals surface area contributed by atoms with Crippen molar-refractivity contribution in [1.82, 2.24) is 0 Å². The highest BCUT2D eigenvalue weighted by molar-refractivity contribution is 5.71. The van der Waals surface area contributed by atoms with Crippen molar-refractivity contribution in [2.45, 2.75) is 6.29 Å². The van der Waals surface area contributed by atoms with Crippen LogP contribution in [0.5, 0.6) is 5.75 Å². The third-order valence-corrected chi connectivity index (χ3v) is 3.28. The maximum atomic E-state index is 14.3. The van der Waals surface area contributed by atoms with Gasteiger partial charge in [-0.3, -0.25) is 0 Å². The molecule has 0 bridgehead atoms. The second kappa shape index (κ2) is 5.61. The fourth-order valence-electron chi connectivity index (χ4n) is 2.31. The van der Waals surface area contributed by atoms with Gasteiger partial charge in [-0.1, -0.05) is 30.3 Å². The van der Waals surface area contributed by atoms with Crippen molar-refractivity contribution in [2.24, 2.45) is 0 Å². The lowest BCUT2D eigenvalue weighted by Gasteiger charge is -2.13. The SMILES string of the molecule is COc1ccccc1-c1ccc(C2OCCO2)cc1F. The minimum absolute atomic E-state index is 0.314. The van der Waals surface area contributed by atoms with Crippen LogP contribution in [0.15, 0.2) is 42.5 Å². The Balaban J connectivity index is 1.98. The van der Waals surface area contributed by atoms with Gasteiger partial charge in [0.2, 0.25) is 0 Å². The molecule has 104 valence electrons. The third kappa shape index (κ3) is 2.40. The third-order valence-electron chi connectivity index (χ3n) is 3.28. The van der Waals surface area contributed by atoms with Crippen molar-refractivity contribution < 1.29 is 18.6 Å². The van der Waals surface area contributed by atoms with Crippen molar-refractivity contribution >= 4 is 0 Å². The maximum absolute atomic E-state index is 14.3. The van der Waals surface area contributed by atoms with Crippen molar-refractivity contribution in [1.29, 1.82) is 0 Å². The predicted molar refractivity (Wildman–Crippen MR) is 73.0 cm³/mol. The molecule has 1 fully saturated rings. The summed E-state index contributed by atoms with van der Waals surface area (Å²) < 4.78 is 30.3. The number of rotatable bonds is 3. The van der Waals surface area contributed by atoms with Crippen molar-refractivity contribution in [3.8, 4) is 16.9 Å². The molecule has 0 aromatic heterocycles. The molecule has 2 aromatic carbocycles. The van der Waals surface area contributed by atoms with Crippen molar-refractivity contribution in [3.05, 3.63) is 53.8 Å². The molecule has 1 aliphatic heterocycles. The zero-order valence-corrected chi connectivity index (χ0v) is 11.1. The van der Waals surface area contributed by atoms with Gasteiger partial charge in [-0.25, -0.2) is 4.39 Å². The molecular formula is C16H15FO3. The Hall–Kier alpha value is -1.91. The lowest BCUT2D eigenvalue weighted by Crippen LogP contribution is -1.99. The number of hydrogen-bond acceptors (Lipinski definition) is 3. The second-order valence-electron chi connectivity index (χ2n) is 4.51. The molecule has 1 saturated heterocycles. The Bertz CT molecular complexity index is 606. The van der Waals surface area contributed by atoms with Gasteiger partial charge in [0.25, 0.3) is 0 Å². The van der Waals surface area contributed by atoms with Crippen LogP contribution in [0.4, 0.5) is 4.39 Å². The van der Waals surface area contributed by atoms with Crippen molar-refractivity contribution in [3.63, 3.8) is 0 Å². The van der Waals surface area contributed by atoms with Gasteiger partial charge < -0.3 is 14.2 Å². The van der Waals surface area contributed by atoms with Crippen LogP contribution in [0.25, 0.3) is 11.1 Å². The molecule has 1 heterocycles. The Labute approximate surface area is 116 Å². The minimum Gasteiger partial charge on any atom is -0.496 e. The van der Waals surface area contributed by atoms with E-state index < -0.39 is 6.29 Å². The van der Waals surface area contributed by atoms with E-state index in [1.54, 1.807) is 13.2 Å². The highest BCUT2D eigenvalue weighted by Crippen LogP contribution is 2.33. The van der Waals surface area contributed by atoms with E-state index in [1.165, 1.54) is 6.07 Å². The Morgan fingerprint density at radius 1 is 1.05 bits per heavy atom. The average Bonchev–Trinajstić information content (AvgIpc) is 3.01. The van der Waals surface area contributed by atoms with E-state index in [1.807, 2.05) is 30.3 Å². The summed E-state index contributed by atoms with van der Waals surface area (Å²) in [6.07, 6.45) is -0.462. The normalized spacial score (nSPS) is 15.5. The quantitative estimate of drug-likeness (QED) is 0.856. The largest absolute Gasteiger partial charge is 0.496 e. The molecule has 1 aliphatic rings. The Morgan fingerprint density at radius 3 is 2.50 bits per heavy atom. The van der Waals surface area contributed by atoms with Gasteiger partial charge in [0.15, 0.2) is 6.29 Å². The zero-order valence-electron chi connectivity index (χ0n) is 11.1. The maximum Gasteiger partial charge on any atom is 0.184 e. The van der Waals surface area contributed by atoms with Crippen LogP contribution in [0.2, 0.25) is 0 Å². The summed E-state index contributed by atoms with van der Waals surface area (Å²) >= 11 is 0. The van der Waals surface area contributed by atoms with Crippen LogP contribution in [-0.2, 0) is 9.47 Å². The molecule has 0 aliphatic carbocycles. The molecule has 0 N–H and O–H groups in total. The highest BCUT2D eigenvalue weighted by atomic mass is 19.1. The Kier molecular flexibility index (Phi) is 3.67. The first-order chi connectivity index (χ1) is 9.79. The summed E-state index contributed by atoms with van der Waals surface area (Å²) in [6, 6.07) is 12.4. The number of benzene rings is 2. The summed E-state index contributed by atoms with van der Waals surface area (Å²) in [6.45, 7) is 1.08. The van der Waals surface area contributed by atoms with Gasteiger partial charge in [0, 0.05) is 16.7 Å². The fraction of sp³-hybridized carbons (Fsp3) is 0.250. The van der Waals surface area contributed by atoms with Crippen LogP contribution < -0.4 is 4.74 Å². The molecule has 3 rings (SSSR count). The van der Waals surface area contributed by atoms with Crippen LogP contribution in [0.3, 0.4) is 0 Å². The first kappa shape index (κ1) is 13.1. The van der Waals surface area contributed by atoms with E-state index in [0.29, 0.717) is 30.1 Å². The lowest BCUT2D eigenvalue weighted by atomic mass is 10.0. The second-order valence-corrected chi connectivity index (χ2v) is 4.51. The highest BCUT2D eigenvalue weighted by Gasteiger charge is 2.20. The molecule has 0 spiro atoms. The van der Waals surface area contributed by atoms with Gasteiger partial charge in [0.1, 0.15) is 11.6 Å². The van der Waals surface area contributed by atoms with Gasteiger partial charge >= 0.3 is 0 Å². The summed E-state index contributed by atoms with van der Waals surface area (Å²) in [5.74, 6) is 0.332. The van der Waals surface area contributed by atoms with E-state index in [4.69, 9.17) is 14.2 Å². The Morgan fingerprint density at radius 2 is 1.80 bits per heavy atom. The van der Waals surface area contributed by atoms with Crippen LogP contribution >= 0.6 is 0 Å². The summed E-state index contributed by atoms with van der Waals surface area (Å²) in [7, 11) is 1.57. The van der Waals surface area contributed by atoms with E-state index >= 15 is 0 Å². The number of para-hydroxylation sites is 1. The first-order valence-electron chi connectivity index (χ1n) is 6.45. The average molecular weight is 274 g/mol. The van der Waals surface area contributed by atoms with E-state index in [-0.39, 0.29) is 5.82 Å². The molecule has 2 aromatic rings. The van der Waals surface area contributed by atoms with E-state index in [9.17, 15) is 4.39 Å². The first-order valence-corrected chi connectivity index (χ1v) is 6.45. The van der Waals surface area contributed by atoms with Crippen LogP contribution in [-0.4, -0.2) is 20.3 Å². The zero-order chi connectivity index (χ0) is 13.9. The molecule has 0 amide bonds.